The highest BCUT2D eigenvalue weighted by Gasteiger charge is 2.15. The minimum atomic E-state index is -0.169. The summed E-state index contributed by atoms with van der Waals surface area (Å²) in [6.07, 6.45) is 1.82. The Kier molecular flexibility index (Phi) is 6.18. The maximum Gasteiger partial charge on any atom is 0.226 e. The summed E-state index contributed by atoms with van der Waals surface area (Å²) in [7, 11) is 1.91. The fourth-order valence-corrected chi connectivity index (χ4v) is 4.58. The van der Waals surface area contributed by atoms with E-state index in [2.05, 4.69) is 33.5 Å². The Labute approximate surface area is 188 Å². The van der Waals surface area contributed by atoms with Crippen molar-refractivity contribution in [3.05, 3.63) is 71.0 Å². The number of carbonyl (C=O) groups is 1. The van der Waals surface area contributed by atoms with E-state index in [1.165, 1.54) is 0 Å². The monoisotopic (exact) mass is 456 g/mol. The Morgan fingerprint density at radius 3 is 2.53 bits per heavy atom. The van der Waals surface area contributed by atoms with Gasteiger partial charge in [-0.2, -0.15) is 0 Å². The molecular weight excluding hydrogens is 439 g/mol. The summed E-state index contributed by atoms with van der Waals surface area (Å²) in [5.41, 5.74) is 1.58. The number of carbonyl (C=O) groups excluding carboxylic acids is 1. The predicted molar refractivity (Wildman–Crippen MR) is 126 cm³/mol. The zero-order valence-electron chi connectivity index (χ0n) is 16.1. The molecule has 152 valence electrons. The van der Waals surface area contributed by atoms with Gasteiger partial charge in [-0.05, 0) is 23.8 Å². The molecule has 1 N–H and O–H groups in total. The van der Waals surface area contributed by atoms with E-state index in [0.717, 1.165) is 26.5 Å². The van der Waals surface area contributed by atoms with Gasteiger partial charge in [-0.1, -0.05) is 59.6 Å². The van der Waals surface area contributed by atoms with Crippen molar-refractivity contribution < 1.29 is 4.79 Å². The van der Waals surface area contributed by atoms with Gasteiger partial charge in [0.15, 0.2) is 0 Å². The molecule has 0 fully saturated rings. The average molecular weight is 457 g/mol. The van der Waals surface area contributed by atoms with E-state index in [-0.39, 0.29) is 12.3 Å². The number of hydrogen-bond acceptors (Lipinski definition) is 5. The molecule has 0 aliphatic carbocycles. The molecule has 0 spiro atoms. The predicted octanol–water partition coefficient (Wildman–Crippen LogP) is 6.13. The zero-order valence-corrected chi connectivity index (χ0v) is 18.4. The number of hydrogen-bond donors (Lipinski definition) is 1. The number of nitrogens with zero attached hydrogens (tertiary/aromatic N) is 3. The topological polar surface area (TPSA) is 58.1 Å². The van der Waals surface area contributed by atoms with E-state index < -0.39 is 0 Å². The molecule has 0 aliphatic rings. The number of fused-ring (bicyclic) bond motifs is 1. The molecule has 1 amide bonds. The number of nitrogens with one attached hydrogen (secondary N) is 1. The lowest BCUT2D eigenvalue weighted by Gasteiger charge is -2.18. The van der Waals surface area contributed by atoms with Crippen molar-refractivity contribution in [2.24, 2.45) is 0 Å². The molecule has 30 heavy (non-hydrogen) atoms. The van der Waals surface area contributed by atoms with E-state index in [0.29, 0.717) is 22.3 Å². The highest BCUT2D eigenvalue weighted by atomic mass is 35.5. The number of halogens is 2. The molecule has 4 rings (SSSR count). The van der Waals surface area contributed by atoms with E-state index in [1.54, 1.807) is 35.9 Å². The first-order chi connectivity index (χ1) is 14.5. The molecule has 2 aromatic carbocycles. The lowest BCUT2D eigenvalue weighted by Crippen LogP contribution is -2.25. The smallest absolute Gasteiger partial charge is 0.226 e. The Morgan fingerprint density at radius 2 is 1.80 bits per heavy atom. The molecule has 0 atom stereocenters. The highest BCUT2D eigenvalue weighted by Crippen LogP contribution is 2.36. The maximum absolute atomic E-state index is 12.4. The van der Waals surface area contributed by atoms with Gasteiger partial charge in [0.25, 0.3) is 0 Å². The zero-order chi connectivity index (χ0) is 21.1. The summed E-state index contributed by atoms with van der Waals surface area (Å²) in [5.74, 6) is 0.624. The number of thiophene rings is 1. The number of amides is 1. The molecule has 0 saturated heterocycles. The fraction of sp³-hybridized carbons (Fsp3) is 0.136. The third kappa shape index (κ3) is 4.41. The Bertz CT molecular complexity index is 1180. The number of aromatic nitrogens is 2. The number of anilines is 2. The van der Waals surface area contributed by atoms with Gasteiger partial charge in [-0.25, -0.2) is 9.97 Å². The van der Waals surface area contributed by atoms with Crippen LogP contribution in [0.3, 0.4) is 0 Å². The molecule has 0 unspecified atom stereocenters. The second-order valence-electron chi connectivity index (χ2n) is 6.71. The van der Waals surface area contributed by atoms with E-state index >= 15 is 0 Å². The van der Waals surface area contributed by atoms with Crippen molar-refractivity contribution >= 4 is 62.2 Å². The molecule has 4 aromatic rings. The summed E-state index contributed by atoms with van der Waals surface area (Å²) in [6, 6.07) is 17.4. The van der Waals surface area contributed by atoms with Crippen LogP contribution in [0.1, 0.15) is 6.42 Å². The van der Waals surface area contributed by atoms with E-state index in [4.69, 9.17) is 23.2 Å². The van der Waals surface area contributed by atoms with Crippen molar-refractivity contribution in [1.82, 2.24) is 9.97 Å². The third-order valence-electron chi connectivity index (χ3n) is 4.63. The van der Waals surface area contributed by atoms with Crippen LogP contribution in [-0.4, -0.2) is 29.5 Å². The lowest BCUT2D eigenvalue weighted by molar-refractivity contribution is -0.116. The maximum atomic E-state index is 12.4. The minimum absolute atomic E-state index is 0.169. The van der Waals surface area contributed by atoms with Gasteiger partial charge in [0.05, 0.1) is 21.1 Å². The van der Waals surface area contributed by atoms with Crippen LogP contribution < -0.4 is 10.2 Å². The molecule has 8 heteroatoms. The summed E-state index contributed by atoms with van der Waals surface area (Å²) < 4.78 is 0. The normalized spacial score (nSPS) is 10.9. The van der Waals surface area contributed by atoms with Gasteiger partial charge in [0, 0.05) is 24.9 Å². The van der Waals surface area contributed by atoms with Gasteiger partial charge in [0.2, 0.25) is 5.91 Å². The summed E-state index contributed by atoms with van der Waals surface area (Å²) >= 11 is 13.9. The van der Waals surface area contributed by atoms with Gasteiger partial charge in [0.1, 0.15) is 17.0 Å². The standard InChI is InChI=1S/C22H18Cl2N4OS/c1-28(11-10-19(29)27-20-16(23)8-5-9-17(20)24)21-15-12-18(14-6-3-2-4-7-14)30-22(15)26-13-25-21/h2-9,12-13H,10-11H2,1H3,(H,27,29). The largest absolute Gasteiger partial charge is 0.359 e. The van der Waals surface area contributed by atoms with Gasteiger partial charge in [-0.3, -0.25) is 4.79 Å². The molecule has 0 saturated carbocycles. The van der Waals surface area contributed by atoms with Crippen molar-refractivity contribution in [3.8, 4) is 10.4 Å². The molecule has 0 bridgehead atoms. The van der Waals surface area contributed by atoms with Gasteiger partial charge in [-0.15, -0.1) is 11.3 Å². The fourth-order valence-electron chi connectivity index (χ4n) is 3.09. The van der Waals surface area contributed by atoms with Gasteiger partial charge < -0.3 is 10.2 Å². The van der Waals surface area contributed by atoms with Crippen molar-refractivity contribution in [1.29, 1.82) is 0 Å². The SMILES string of the molecule is CN(CCC(=O)Nc1c(Cl)cccc1Cl)c1ncnc2sc(-c3ccccc3)cc12. The lowest BCUT2D eigenvalue weighted by atomic mass is 10.2. The van der Waals surface area contributed by atoms with Crippen LogP contribution in [0.15, 0.2) is 60.9 Å². The van der Waals surface area contributed by atoms with Crippen LogP contribution in [0.2, 0.25) is 10.0 Å². The van der Waals surface area contributed by atoms with Crippen LogP contribution in [0.25, 0.3) is 20.7 Å². The van der Waals surface area contributed by atoms with Crippen LogP contribution in [0, 0.1) is 0 Å². The third-order valence-corrected chi connectivity index (χ3v) is 6.35. The van der Waals surface area contributed by atoms with Crippen molar-refractivity contribution in [2.75, 3.05) is 23.8 Å². The summed E-state index contributed by atoms with van der Waals surface area (Å²) in [5, 5.41) is 4.58. The Morgan fingerprint density at radius 1 is 1.07 bits per heavy atom. The summed E-state index contributed by atoms with van der Waals surface area (Å²) in [6.45, 7) is 0.483. The first-order valence-corrected chi connectivity index (χ1v) is 10.8. The van der Waals surface area contributed by atoms with Crippen molar-refractivity contribution in [2.45, 2.75) is 6.42 Å². The number of benzene rings is 2. The van der Waals surface area contributed by atoms with Crippen LogP contribution in [0.4, 0.5) is 11.5 Å². The molecule has 0 radical (unpaired) electrons. The Hall–Kier alpha value is -2.67. The van der Waals surface area contributed by atoms with Crippen LogP contribution in [0.5, 0.6) is 0 Å². The Balaban J connectivity index is 1.49. The first-order valence-electron chi connectivity index (χ1n) is 9.28. The average Bonchev–Trinajstić information content (AvgIpc) is 3.20. The second kappa shape index (κ2) is 9.00. The first kappa shape index (κ1) is 20.6. The van der Waals surface area contributed by atoms with Gasteiger partial charge >= 0.3 is 0 Å². The second-order valence-corrected chi connectivity index (χ2v) is 8.55. The molecule has 2 heterocycles. The van der Waals surface area contributed by atoms with E-state index in [9.17, 15) is 4.79 Å². The number of para-hydroxylation sites is 1. The molecule has 2 aromatic heterocycles. The van der Waals surface area contributed by atoms with E-state index in [1.807, 2.05) is 30.1 Å². The van der Waals surface area contributed by atoms with Crippen LogP contribution >= 0.6 is 34.5 Å². The quantitative estimate of drug-likeness (QED) is 0.379. The van der Waals surface area contributed by atoms with Crippen molar-refractivity contribution in [3.63, 3.8) is 0 Å². The molecular formula is C22H18Cl2N4OS. The summed E-state index contributed by atoms with van der Waals surface area (Å²) in [4.78, 5) is 25.3. The van der Waals surface area contributed by atoms with Crippen LogP contribution in [-0.2, 0) is 4.79 Å². The molecule has 0 aliphatic heterocycles. The minimum Gasteiger partial charge on any atom is -0.359 e. The number of rotatable bonds is 6. The molecule has 5 nitrogen and oxygen atoms in total. The highest BCUT2D eigenvalue weighted by molar-refractivity contribution is 7.21.